The summed E-state index contributed by atoms with van der Waals surface area (Å²) in [6.07, 6.45) is 0.214. The Morgan fingerprint density at radius 3 is 2.28 bits per heavy atom. The maximum Gasteiger partial charge on any atom is 0.323 e. The summed E-state index contributed by atoms with van der Waals surface area (Å²) in [6.45, 7) is 6.88. The Morgan fingerprint density at radius 1 is 1.10 bits per heavy atom. The summed E-state index contributed by atoms with van der Waals surface area (Å²) in [7, 11) is 0. The van der Waals surface area contributed by atoms with Crippen LogP contribution in [0.2, 0.25) is 10.0 Å². The van der Waals surface area contributed by atoms with Crippen LogP contribution >= 0.6 is 23.2 Å². The van der Waals surface area contributed by atoms with Crippen molar-refractivity contribution in [2.45, 2.75) is 51.8 Å². The van der Waals surface area contributed by atoms with E-state index in [0.29, 0.717) is 10.0 Å². The van der Waals surface area contributed by atoms with Crippen molar-refractivity contribution in [1.29, 1.82) is 0 Å². The fourth-order valence-corrected chi connectivity index (χ4v) is 3.15. The number of carboxylic acids is 1. The van der Waals surface area contributed by atoms with Crippen molar-refractivity contribution in [3.8, 4) is 11.1 Å². The van der Waals surface area contributed by atoms with Gasteiger partial charge in [0.05, 0.1) is 0 Å². The molecule has 0 radical (unpaired) electrons. The van der Waals surface area contributed by atoms with Crippen LogP contribution in [0.25, 0.3) is 11.1 Å². The zero-order valence-electron chi connectivity index (χ0n) is 16.8. The average molecular weight is 438 g/mol. The van der Waals surface area contributed by atoms with Gasteiger partial charge in [0.25, 0.3) is 0 Å². The first-order valence-corrected chi connectivity index (χ1v) is 9.98. The minimum absolute atomic E-state index is 0.214. The van der Waals surface area contributed by atoms with Gasteiger partial charge in [-0.05, 0) is 63.4 Å². The number of carboxylic acid groups (broad SMARTS) is 1. The zero-order chi connectivity index (χ0) is 21.8. The van der Waals surface area contributed by atoms with Crippen LogP contribution < -0.4 is 5.32 Å². The summed E-state index contributed by atoms with van der Waals surface area (Å²) in [4.78, 5) is 23.8. The summed E-state index contributed by atoms with van der Waals surface area (Å²) < 4.78 is 5.30. The van der Waals surface area contributed by atoms with E-state index in [0.717, 1.165) is 16.7 Å². The van der Waals surface area contributed by atoms with Crippen molar-refractivity contribution < 1.29 is 19.4 Å². The summed E-state index contributed by atoms with van der Waals surface area (Å²) in [5, 5.41) is 13.6. The molecule has 2 unspecified atom stereocenters. The Kier molecular flexibility index (Phi) is 7.69. The molecule has 2 rings (SSSR count). The second kappa shape index (κ2) is 9.61. The minimum atomic E-state index is -1.04. The third-order valence-electron chi connectivity index (χ3n) is 4.14. The lowest BCUT2D eigenvalue weighted by Gasteiger charge is -2.24. The van der Waals surface area contributed by atoms with Crippen LogP contribution in [0.5, 0.6) is 0 Å². The van der Waals surface area contributed by atoms with E-state index >= 15 is 0 Å². The van der Waals surface area contributed by atoms with Crippen LogP contribution in [0.15, 0.2) is 42.5 Å². The standard InChI is InChI=1S/C22H25Cl2NO4/c1-13(21(28)29-22(2,3)4)25-19(20(26)27)11-14-5-7-15(8-6-14)17-12-16(23)9-10-18(17)24/h5-10,12-13,19,25H,11H2,1-4H3,(H,26,27). The first-order chi connectivity index (χ1) is 13.5. The van der Waals surface area contributed by atoms with Gasteiger partial charge in [-0.2, -0.15) is 0 Å². The van der Waals surface area contributed by atoms with Gasteiger partial charge in [-0.3, -0.25) is 14.9 Å². The molecule has 2 aromatic rings. The second-order valence-corrected chi connectivity index (χ2v) is 8.68. The summed E-state index contributed by atoms with van der Waals surface area (Å²) >= 11 is 12.3. The number of halogens is 2. The molecule has 29 heavy (non-hydrogen) atoms. The lowest BCUT2D eigenvalue weighted by molar-refractivity contribution is -0.157. The van der Waals surface area contributed by atoms with E-state index in [1.807, 2.05) is 24.3 Å². The number of aliphatic carboxylic acids is 1. The van der Waals surface area contributed by atoms with E-state index < -0.39 is 29.6 Å². The molecule has 0 heterocycles. The van der Waals surface area contributed by atoms with E-state index in [-0.39, 0.29) is 6.42 Å². The zero-order valence-corrected chi connectivity index (χ0v) is 18.3. The van der Waals surface area contributed by atoms with Gasteiger partial charge in [0.1, 0.15) is 17.7 Å². The predicted molar refractivity (Wildman–Crippen MR) is 115 cm³/mol. The molecule has 156 valence electrons. The molecular weight excluding hydrogens is 413 g/mol. The highest BCUT2D eigenvalue weighted by atomic mass is 35.5. The Labute approximate surface area is 181 Å². The number of carbonyl (C=O) groups excluding carboxylic acids is 1. The number of carbonyl (C=O) groups is 2. The lowest BCUT2D eigenvalue weighted by Crippen LogP contribution is -2.48. The van der Waals surface area contributed by atoms with Gasteiger partial charge in [-0.15, -0.1) is 0 Å². The Morgan fingerprint density at radius 2 is 1.72 bits per heavy atom. The molecule has 0 bridgehead atoms. The van der Waals surface area contributed by atoms with Crippen LogP contribution in [0.4, 0.5) is 0 Å². The molecule has 0 saturated carbocycles. The van der Waals surface area contributed by atoms with E-state index in [9.17, 15) is 14.7 Å². The summed E-state index contributed by atoms with van der Waals surface area (Å²) in [5.41, 5.74) is 1.85. The molecule has 2 atom stereocenters. The summed E-state index contributed by atoms with van der Waals surface area (Å²) in [6, 6.07) is 10.9. The monoisotopic (exact) mass is 437 g/mol. The average Bonchev–Trinajstić information content (AvgIpc) is 2.62. The van der Waals surface area contributed by atoms with Crippen molar-refractivity contribution in [3.05, 3.63) is 58.1 Å². The van der Waals surface area contributed by atoms with Crippen LogP contribution in [-0.2, 0) is 20.7 Å². The van der Waals surface area contributed by atoms with Crippen LogP contribution in [-0.4, -0.2) is 34.7 Å². The molecule has 5 nitrogen and oxygen atoms in total. The quantitative estimate of drug-likeness (QED) is 0.597. The molecule has 0 saturated heterocycles. The Bertz CT molecular complexity index is 875. The number of hydrogen-bond acceptors (Lipinski definition) is 4. The molecule has 0 spiro atoms. The van der Waals surface area contributed by atoms with Gasteiger partial charge in [0, 0.05) is 15.6 Å². The van der Waals surface area contributed by atoms with Gasteiger partial charge < -0.3 is 9.84 Å². The Hall–Kier alpha value is -2.08. The highest BCUT2D eigenvalue weighted by molar-refractivity contribution is 6.35. The van der Waals surface area contributed by atoms with Gasteiger partial charge in [0.15, 0.2) is 0 Å². The molecule has 0 fully saturated rings. The fourth-order valence-electron chi connectivity index (χ4n) is 2.75. The predicted octanol–water partition coefficient (Wildman–Crippen LogP) is 4.98. The largest absolute Gasteiger partial charge is 0.480 e. The van der Waals surface area contributed by atoms with Crippen LogP contribution in [0.1, 0.15) is 33.3 Å². The molecule has 0 aliphatic carbocycles. The maximum absolute atomic E-state index is 12.1. The van der Waals surface area contributed by atoms with Crippen molar-refractivity contribution in [2.24, 2.45) is 0 Å². The molecule has 7 heteroatoms. The van der Waals surface area contributed by atoms with Gasteiger partial charge in [0.2, 0.25) is 0 Å². The van der Waals surface area contributed by atoms with Gasteiger partial charge in [-0.25, -0.2) is 0 Å². The van der Waals surface area contributed by atoms with Gasteiger partial charge in [-0.1, -0.05) is 47.5 Å². The fraction of sp³-hybridized carbons (Fsp3) is 0.364. The number of ether oxygens (including phenoxy) is 1. The van der Waals surface area contributed by atoms with Crippen molar-refractivity contribution >= 4 is 35.1 Å². The molecular formula is C22H25Cl2NO4. The number of rotatable bonds is 7. The molecule has 0 aliphatic rings. The van der Waals surface area contributed by atoms with E-state index in [2.05, 4.69) is 5.32 Å². The Balaban J connectivity index is 2.10. The number of nitrogens with one attached hydrogen (secondary N) is 1. The maximum atomic E-state index is 12.1. The van der Waals surface area contributed by atoms with Crippen LogP contribution in [0.3, 0.4) is 0 Å². The molecule has 0 aromatic heterocycles. The normalized spacial score (nSPS) is 13.6. The van der Waals surface area contributed by atoms with Crippen molar-refractivity contribution in [3.63, 3.8) is 0 Å². The van der Waals surface area contributed by atoms with Gasteiger partial charge >= 0.3 is 11.9 Å². The van der Waals surface area contributed by atoms with Crippen LogP contribution in [0, 0.1) is 0 Å². The molecule has 2 aromatic carbocycles. The number of benzene rings is 2. The minimum Gasteiger partial charge on any atom is -0.480 e. The van der Waals surface area contributed by atoms with E-state index in [1.54, 1.807) is 45.9 Å². The number of esters is 1. The van der Waals surface area contributed by atoms with Crippen molar-refractivity contribution in [1.82, 2.24) is 5.32 Å². The molecule has 2 N–H and O–H groups in total. The SMILES string of the molecule is CC(NC(Cc1ccc(-c2cc(Cl)ccc2Cl)cc1)C(=O)O)C(=O)OC(C)(C)C. The second-order valence-electron chi connectivity index (χ2n) is 7.84. The first-order valence-electron chi connectivity index (χ1n) is 9.22. The smallest absolute Gasteiger partial charge is 0.323 e. The highest BCUT2D eigenvalue weighted by Crippen LogP contribution is 2.30. The van der Waals surface area contributed by atoms with E-state index in [1.165, 1.54) is 0 Å². The molecule has 0 aliphatic heterocycles. The topological polar surface area (TPSA) is 75.6 Å². The number of hydrogen-bond donors (Lipinski definition) is 2. The highest BCUT2D eigenvalue weighted by Gasteiger charge is 2.27. The third-order valence-corrected chi connectivity index (χ3v) is 4.71. The first kappa shape index (κ1) is 23.2. The summed E-state index contributed by atoms with van der Waals surface area (Å²) in [5.74, 6) is -1.53. The third kappa shape index (κ3) is 7.03. The lowest BCUT2D eigenvalue weighted by atomic mass is 10.00. The molecule has 0 amide bonds. The van der Waals surface area contributed by atoms with E-state index in [4.69, 9.17) is 27.9 Å². The van der Waals surface area contributed by atoms with Crippen molar-refractivity contribution in [2.75, 3.05) is 0 Å².